The first-order chi connectivity index (χ1) is 11.5. The molecule has 1 unspecified atom stereocenters. The molecule has 0 amide bonds. The minimum atomic E-state index is -0.670. The van der Waals surface area contributed by atoms with E-state index in [-0.39, 0.29) is 5.92 Å². The fourth-order valence-corrected chi connectivity index (χ4v) is 3.05. The maximum absolute atomic E-state index is 11.3. The van der Waals surface area contributed by atoms with Gasteiger partial charge in [0.2, 0.25) is 0 Å². The Bertz CT molecular complexity index is 639. The van der Waals surface area contributed by atoms with Crippen molar-refractivity contribution in [3.8, 4) is 11.1 Å². The van der Waals surface area contributed by atoms with Crippen LogP contribution in [0.5, 0.6) is 0 Å². The van der Waals surface area contributed by atoms with Crippen LogP contribution in [0.25, 0.3) is 11.1 Å². The standard InChI is InChI=1S/C22H28O2/c1-4-17-5-10-19(11-6-17)20-12-7-18(8-13-20)9-14-21(22(23)24)15-16(2)3/h5-8,10-13,16,21H,4,9,14-15H2,1-3H3,(H,23,24). The minimum Gasteiger partial charge on any atom is -0.481 e. The van der Waals surface area contributed by atoms with Gasteiger partial charge in [-0.2, -0.15) is 0 Å². The molecule has 0 aliphatic carbocycles. The molecule has 0 aliphatic heterocycles. The van der Waals surface area contributed by atoms with Crippen LogP contribution < -0.4 is 0 Å². The maximum atomic E-state index is 11.3. The van der Waals surface area contributed by atoms with E-state index in [4.69, 9.17) is 0 Å². The molecule has 0 aromatic heterocycles. The molecule has 2 aromatic carbocycles. The second kappa shape index (κ2) is 8.68. The molecule has 0 saturated carbocycles. The van der Waals surface area contributed by atoms with Crippen LogP contribution in [0.15, 0.2) is 48.5 Å². The monoisotopic (exact) mass is 324 g/mol. The Balaban J connectivity index is 1.99. The van der Waals surface area contributed by atoms with Crippen molar-refractivity contribution in [3.05, 3.63) is 59.7 Å². The van der Waals surface area contributed by atoms with Gasteiger partial charge in [-0.15, -0.1) is 0 Å². The Kier molecular flexibility index (Phi) is 6.60. The number of aliphatic carboxylic acids is 1. The number of carboxylic acid groups (broad SMARTS) is 1. The fraction of sp³-hybridized carbons (Fsp3) is 0.409. The molecule has 0 spiro atoms. The summed E-state index contributed by atoms with van der Waals surface area (Å²) in [6.07, 6.45) is 3.33. The lowest BCUT2D eigenvalue weighted by atomic mass is 9.91. The number of hydrogen-bond donors (Lipinski definition) is 1. The van der Waals surface area contributed by atoms with E-state index < -0.39 is 5.97 Å². The molecule has 0 aliphatic rings. The van der Waals surface area contributed by atoms with Gasteiger partial charge in [0.25, 0.3) is 0 Å². The molecule has 2 nitrogen and oxygen atoms in total. The van der Waals surface area contributed by atoms with Crippen molar-refractivity contribution in [2.24, 2.45) is 11.8 Å². The maximum Gasteiger partial charge on any atom is 0.306 e. The molecule has 0 radical (unpaired) electrons. The Hall–Kier alpha value is -2.09. The van der Waals surface area contributed by atoms with Crippen LogP contribution in [0.3, 0.4) is 0 Å². The van der Waals surface area contributed by atoms with E-state index in [9.17, 15) is 9.90 Å². The summed E-state index contributed by atoms with van der Waals surface area (Å²) >= 11 is 0. The van der Waals surface area contributed by atoms with Crippen LogP contribution in [-0.2, 0) is 17.6 Å². The number of hydrogen-bond acceptors (Lipinski definition) is 1. The van der Waals surface area contributed by atoms with Crippen LogP contribution in [0.1, 0.15) is 44.7 Å². The molecule has 0 saturated heterocycles. The average Bonchev–Trinajstić information content (AvgIpc) is 2.58. The quantitative estimate of drug-likeness (QED) is 0.686. The highest BCUT2D eigenvalue weighted by Gasteiger charge is 2.18. The summed E-state index contributed by atoms with van der Waals surface area (Å²) in [5.74, 6) is -0.498. The van der Waals surface area contributed by atoms with E-state index >= 15 is 0 Å². The van der Waals surface area contributed by atoms with E-state index in [1.807, 2.05) is 0 Å². The van der Waals surface area contributed by atoms with Gasteiger partial charge in [-0.25, -0.2) is 0 Å². The van der Waals surface area contributed by atoms with Gasteiger partial charge in [0.15, 0.2) is 0 Å². The number of carboxylic acids is 1. The minimum absolute atomic E-state index is 0.244. The highest BCUT2D eigenvalue weighted by molar-refractivity contribution is 5.70. The predicted molar refractivity (Wildman–Crippen MR) is 100 cm³/mol. The van der Waals surface area contributed by atoms with Crippen molar-refractivity contribution >= 4 is 5.97 Å². The first kappa shape index (κ1) is 18.3. The lowest BCUT2D eigenvalue weighted by Gasteiger charge is -2.14. The third kappa shape index (κ3) is 5.23. The molecule has 24 heavy (non-hydrogen) atoms. The van der Waals surface area contributed by atoms with Crippen LogP contribution in [0.4, 0.5) is 0 Å². The Labute approximate surface area is 145 Å². The summed E-state index contributed by atoms with van der Waals surface area (Å²) in [6, 6.07) is 17.2. The Morgan fingerprint density at radius 1 is 0.917 bits per heavy atom. The van der Waals surface area contributed by atoms with Gasteiger partial charge in [-0.3, -0.25) is 4.79 Å². The molecular formula is C22H28O2. The summed E-state index contributed by atoms with van der Waals surface area (Å²) in [5.41, 5.74) is 4.99. The number of carbonyl (C=O) groups is 1. The van der Waals surface area contributed by atoms with Crippen LogP contribution in [0, 0.1) is 11.8 Å². The molecule has 1 N–H and O–H groups in total. The Morgan fingerprint density at radius 3 is 1.83 bits per heavy atom. The van der Waals surface area contributed by atoms with Crippen molar-refractivity contribution < 1.29 is 9.90 Å². The van der Waals surface area contributed by atoms with Gasteiger partial charge in [0, 0.05) is 0 Å². The van der Waals surface area contributed by atoms with E-state index in [2.05, 4.69) is 69.3 Å². The van der Waals surface area contributed by atoms with E-state index in [1.165, 1.54) is 22.3 Å². The second-order valence-corrected chi connectivity index (χ2v) is 6.95. The lowest BCUT2D eigenvalue weighted by molar-refractivity contribution is -0.142. The van der Waals surface area contributed by atoms with E-state index in [1.54, 1.807) is 0 Å². The summed E-state index contributed by atoms with van der Waals surface area (Å²) in [4.78, 5) is 11.3. The summed E-state index contributed by atoms with van der Waals surface area (Å²) in [7, 11) is 0. The molecule has 0 fully saturated rings. The molecular weight excluding hydrogens is 296 g/mol. The van der Waals surface area contributed by atoms with Gasteiger partial charge in [0.05, 0.1) is 5.92 Å². The number of rotatable bonds is 8. The molecule has 0 bridgehead atoms. The van der Waals surface area contributed by atoms with Crippen LogP contribution in [-0.4, -0.2) is 11.1 Å². The van der Waals surface area contributed by atoms with Gasteiger partial charge in [-0.05, 0) is 53.9 Å². The molecule has 2 heteroatoms. The number of benzene rings is 2. The third-order valence-electron chi connectivity index (χ3n) is 4.54. The first-order valence-electron chi connectivity index (χ1n) is 8.90. The average molecular weight is 324 g/mol. The topological polar surface area (TPSA) is 37.3 Å². The summed E-state index contributed by atoms with van der Waals surface area (Å²) < 4.78 is 0. The van der Waals surface area contributed by atoms with Gasteiger partial charge in [-0.1, -0.05) is 69.3 Å². The van der Waals surface area contributed by atoms with Gasteiger partial charge >= 0.3 is 5.97 Å². The zero-order valence-corrected chi connectivity index (χ0v) is 15.0. The van der Waals surface area contributed by atoms with Crippen molar-refractivity contribution in [1.82, 2.24) is 0 Å². The highest BCUT2D eigenvalue weighted by Crippen LogP contribution is 2.23. The van der Waals surface area contributed by atoms with Crippen molar-refractivity contribution in [3.63, 3.8) is 0 Å². The number of aryl methyl sites for hydroxylation is 2. The van der Waals surface area contributed by atoms with Crippen molar-refractivity contribution in [1.29, 1.82) is 0 Å². The van der Waals surface area contributed by atoms with Crippen LogP contribution in [0.2, 0.25) is 0 Å². The van der Waals surface area contributed by atoms with Crippen molar-refractivity contribution in [2.75, 3.05) is 0 Å². The summed E-state index contributed by atoms with van der Waals surface area (Å²) in [5, 5.41) is 9.34. The van der Waals surface area contributed by atoms with Gasteiger partial charge in [0.1, 0.15) is 0 Å². The smallest absolute Gasteiger partial charge is 0.306 e. The molecule has 128 valence electrons. The van der Waals surface area contributed by atoms with E-state index in [0.29, 0.717) is 12.3 Å². The van der Waals surface area contributed by atoms with Crippen LogP contribution >= 0.6 is 0 Å². The molecule has 2 rings (SSSR count). The molecule has 2 aromatic rings. The predicted octanol–water partition coefficient (Wildman–Crippen LogP) is 5.60. The first-order valence-corrected chi connectivity index (χ1v) is 8.90. The second-order valence-electron chi connectivity index (χ2n) is 6.95. The lowest BCUT2D eigenvalue weighted by Crippen LogP contribution is -2.16. The zero-order chi connectivity index (χ0) is 17.5. The normalized spacial score (nSPS) is 12.3. The third-order valence-corrected chi connectivity index (χ3v) is 4.54. The largest absolute Gasteiger partial charge is 0.481 e. The SMILES string of the molecule is CCc1ccc(-c2ccc(CCC(CC(C)C)C(=O)O)cc2)cc1. The fourth-order valence-electron chi connectivity index (χ4n) is 3.05. The highest BCUT2D eigenvalue weighted by atomic mass is 16.4. The van der Waals surface area contributed by atoms with Gasteiger partial charge < -0.3 is 5.11 Å². The Morgan fingerprint density at radius 2 is 1.42 bits per heavy atom. The van der Waals surface area contributed by atoms with E-state index in [0.717, 1.165) is 19.3 Å². The molecule has 0 heterocycles. The summed E-state index contributed by atoms with van der Waals surface area (Å²) in [6.45, 7) is 6.32. The van der Waals surface area contributed by atoms with Crippen molar-refractivity contribution in [2.45, 2.75) is 46.5 Å². The zero-order valence-electron chi connectivity index (χ0n) is 15.0. The molecule has 1 atom stereocenters.